The molecular weight excluding hydrogens is 413 g/mol. The minimum absolute atomic E-state index is 0.0920. The fourth-order valence-electron chi connectivity index (χ4n) is 2.75. The smallest absolute Gasteiger partial charge is 0.248 e. The maximum absolute atomic E-state index is 13.3. The number of rotatable bonds is 6. The third-order valence-corrected chi connectivity index (χ3v) is 5.30. The van der Waals surface area contributed by atoms with Gasteiger partial charge in [-0.1, -0.05) is 41.9 Å². The molecule has 6 nitrogen and oxygen atoms in total. The first kappa shape index (κ1) is 19.2. The second-order valence-corrected chi connectivity index (χ2v) is 7.53. The Morgan fingerprint density at radius 3 is 2.86 bits per heavy atom. The van der Waals surface area contributed by atoms with Gasteiger partial charge in [-0.2, -0.15) is 4.98 Å². The normalized spacial score (nSPS) is 10.8. The van der Waals surface area contributed by atoms with E-state index in [2.05, 4.69) is 25.5 Å². The van der Waals surface area contributed by atoms with E-state index in [1.807, 2.05) is 23.6 Å². The number of anilines is 1. The predicted molar refractivity (Wildman–Crippen MR) is 110 cm³/mol. The van der Waals surface area contributed by atoms with Crippen LogP contribution in [0.2, 0.25) is 5.02 Å². The van der Waals surface area contributed by atoms with E-state index in [1.165, 1.54) is 23.5 Å². The van der Waals surface area contributed by atoms with Crippen molar-refractivity contribution in [1.82, 2.24) is 20.2 Å². The molecule has 0 spiro atoms. The zero-order chi connectivity index (χ0) is 20.2. The molecule has 4 rings (SSSR count). The predicted octanol–water partition coefficient (Wildman–Crippen LogP) is 4.49. The summed E-state index contributed by atoms with van der Waals surface area (Å²) in [5.74, 6) is 0.107. The van der Waals surface area contributed by atoms with E-state index >= 15 is 0 Å². The number of aromatic nitrogens is 4. The highest BCUT2D eigenvalue weighted by Gasteiger charge is 2.13. The zero-order valence-electron chi connectivity index (χ0n) is 15.0. The van der Waals surface area contributed by atoms with Crippen molar-refractivity contribution in [1.29, 1.82) is 0 Å². The molecule has 9 heteroatoms. The number of nitrogens with zero attached hydrogens (tertiary/aromatic N) is 3. The van der Waals surface area contributed by atoms with Gasteiger partial charge in [0.15, 0.2) is 0 Å². The molecule has 1 amide bonds. The molecule has 0 aliphatic carbocycles. The van der Waals surface area contributed by atoms with Gasteiger partial charge < -0.3 is 0 Å². The molecule has 2 aromatic carbocycles. The molecule has 2 aromatic heterocycles. The molecule has 0 aliphatic rings. The van der Waals surface area contributed by atoms with Crippen LogP contribution in [0.5, 0.6) is 0 Å². The van der Waals surface area contributed by atoms with Crippen LogP contribution in [0.1, 0.15) is 17.1 Å². The largest absolute Gasteiger partial charge is 0.293 e. The lowest BCUT2D eigenvalue weighted by Crippen LogP contribution is -2.15. The van der Waals surface area contributed by atoms with Crippen molar-refractivity contribution >= 4 is 34.8 Å². The molecule has 146 valence electrons. The summed E-state index contributed by atoms with van der Waals surface area (Å²) in [4.78, 5) is 21.0. The Kier molecular flexibility index (Phi) is 5.64. The van der Waals surface area contributed by atoms with Crippen LogP contribution in [-0.4, -0.2) is 26.1 Å². The number of hydrogen-bond donors (Lipinski definition) is 2. The number of thiazole rings is 1. The Bertz CT molecular complexity index is 1160. The van der Waals surface area contributed by atoms with Crippen molar-refractivity contribution in [2.75, 3.05) is 5.32 Å². The van der Waals surface area contributed by atoms with E-state index in [9.17, 15) is 9.18 Å². The van der Waals surface area contributed by atoms with E-state index in [0.29, 0.717) is 23.0 Å². The highest BCUT2D eigenvalue weighted by molar-refractivity contribution is 7.13. The number of aromatic amines is 1. The van der Waals surface area contributed by atoms with Gasteiger partial charge in [0.2, 0.25) is 11.9 Å². The summed E-state index contributed by atoms with van der Waals surface area (Å²) in [6.07, 6.45) is 0.475. The highest BCUT2D eigenvalue weighted by atomic mass is 35.5. The van der Waals surface area contributed by atoms with Crippen LogP contribution in [0, 0.1) is 5.82 Å². The summed E-state index contributed by atoms with van der Waals surface area (Å²) < 4.78 is 13.3. The molecule has 0 bridgehead atoms. The number of amides is 1. The van der Waals surface area contributed by atoms with Gasteiger partial charge in [-0.05, 0) is 23.8 Å². The Morgan fingerprint density at radius 1 is 1.17 bits per heavy atom. The van der Waals surface area contributed by atoms with Crippen LogP contribution >= 0.6 is 22.9 Å². The third-order valence-electron chi connectivity index (χ3n) is 4.04. The summed E-state index contributed by atoms with van der Waals surface area (Å²) in [7, 11) is 0. The van der Waals surface area contributed by atoms with Crippen LogP contribution in [0.25, 0.3) is 10.6 Å². The van der Waals surface area contributed by atoms with E-state index in [4.69, 9.17) is 11.6 Å². The molecule has 0 fully saturated rings. The summed E-state index contributed by atoms with van der Waals surface area (Å²) in [6, 6.07) is 13.7. The molecule has 0 aliphatic heterocycles. The third kappa shape index (κ3) is 4.85. The monoisotopic (exact) mass is 427 g/mol. The van der Waals surface area contributed by atoms with Crippen molar-refractivity contribution in [2.45, 2.75) is 12.8 Å². The van der Waals surface area contributed by atoms with Crippen LogP contribution in [0.4, 0.5) is 10.3 Å². The fraction of sp³-hybridized carbons (Fsp3) is 0.100. The van der Waals surface area contributed by atoms with Gasteiger partial charge in [0.05, 0.1) is 17.1 Å². The summed E-state index contributed by atoms with van der Waals surface area (Å²) >= 11 is 7.62. The number of benzene rings is 2. The lowest BCUT2D eigenvalue weighted by atomic mass is 10.1. The number of carbonyl (C=O) groups excluding carboxylic acids is 1. The van der Waals surface area contributed by atoms with Gasteiger partial charge in [0.25, 0.3) is 0 Å². The molecule has 0 saturated heterocycles. The molecule has 2 N–H and O–H groups in total. The van der Waals surface area contributed by atoms with Gasteiger partial charge in [-0.15, -0.1) is 16.4 Å². The lowest BCUT2D eigenvalue weighted by molar-refractivity contribution is -0.115. The number of hydrogen-bond acceptors (Lipinski definition) is 5. The average Bonchev–Trinajstić information content (AvgIpc) is 3.32. The molecule has 29 heavy (non-hydrogen) atoms. The Hall–Kier alpha value is -3.10. The molecular formula is C20H15ClFN5OS. The van der Waals surface area contributed by atoms with Crippen LogP contribution in [-0.2, 0) is 17.6 Å². The molecule has 0 atom stereocenters. The molecule has 2 heterocycles. The van der Waals surface area contributed by atoms with Crippen molar-refractivity contribution in [3.63, 3.8) is 0 Å². The average molecular weight is 428 g/mol. The van der Waals surface area contributed by atoms with E-state index < -0.39 is 0 Å². The second kappa shape index (κ2) is 8.50. The zero-order valence-corrected chi connectivity index (χ0v) is 16.6. The van der Waals surface area contributed by atoms with Gasteiger partial charge >= 0.3 is 0 Å². The number of carbonyl (C=O) groups is 1. The highest BCUT2D eigenvalue weighted by Crippen LogP contribution is 2.30. The molecule has 4 aromatic rings. The van der Waals surface area contributed by atoms with Crippen molar-refractivity contribution in [3.8, 4) is 10.6 Å². The Balaban J connectivity index is 1.37. The van der Waals surface area contributed by atoms with E-state index in [0.717, 1.165) is 16.1 Å². The first-order valence-corrected chi connectivity index (χ1v) is 9.97. The first-order valence-electron chi connectivity index (χ1n) is 8.72. The SMILES string of the molecule is O=C(Cc1csc(-c2ccccc2Cl)n1)Nc1n[nH]c(Cc2cccc(F)c2)n1. The van der Waals surface area contributed by atoms with Crippen molar-refractivity contribution in [2.24, 2.45) is 0 Å². The Labute approximate surface area is 174 Å². The minimum atomic E-state index is -0.310. The van der Waals surface area contributed by atoms with E-state index in [1.54, 1.807) is 18.2 Å². The van der Waals surface area contributed by atoms with Crippen LogP contribution in [0.3, 0.4) is 0 Å². The quantitative estimate of drug-likeness (QED) is 0.474. The molecule has 0 radical (unpaired) electrons. The maximum atomic E-state index is 13.3. The van der Waals surface area contributed by atoms with Crippen LogP contribution in [0.15, 0.2) is 53.9 Å². The molecule has 0 unspecified atom stereocenters. The van der Waals surface area contributed by atoms with E-state index in [-0.39, 0.29) is 24.1 Å². The number of halogens is 2. The molecule has 0 saturated carbocycles. The maximum Gasteiger partial charge on any atom is 0.248 e. The summed E-state index contributed by atoms with van der Waals surface area (Å²) in [5.41, 5.74) is 2.23. The van der Waals surface area contributed by atoms with Gasteiger partial charge in [-0.25, -0.2) is 9.37 Å². The van der Waals surface area contributed by atoms with Crippen LogP contribution < -0.4 is 5.32 Å². The topological polar surface area (TPSA) is 83.6 Å². The lowest BCUT2D eigenvalue weighted by Gasteiger charge is -2.00. The number of H-pyrrole nitrogens is 1. The van der Waals surface area contributed by atoms with Gasteiger partial charge in [0, 0.05) is 17.4 Å². The minimum Gasteiger partial charge on any atom is -0.293 e. The second-order valence-electron chi connectivity index (χ2n) is 6.26. The van der Waals surface area contributed by atoms with Crippen molar-refractivity contribution in [3.05, 3.63) is 81.8 Å². The Morgan fingerprint density at radius 2 is 2.03 bits per heavy atom. The standard InChI is InChI=1S/C20H15ClFN5OS/c21-16-7-2-1-6-15(16)19-23-14(11-29-19)10-18(28)25-20-24-17(26-27-20)9-12-4-3-5-13(22)8-12/h1-8,11H,9-10H2,(H2,24,25,26,27,28). The summed E-state index contributed by atoms with van der Waals surface area (Å²) in [6.45, 7) is 0. The van der Waals surface area contributed by atoms with Crippen molar-refractivity contribution < 1.29 is 9.18 Å². The van der Waals surface area contributed by atoms with Gasteiger partial charge in [-0.3, -0.25) is 15.2 Å². The van der Waals surface area contributed by atoms with Gasteiger partial charge in [0.1, 0.15) is 16.6 Å². The summed E-state index contributed by atoms with van der Waals surface area (Å²) in [5, 5.41) is 12.6. The fourth-order valence-corrected chi connectivity index (χ4v) is 3.89. The number of nitrogens with one attached hydrogen (secondary N) is 2. The first-order chi connectivity index (χ1) is 14.1.